The van der Waals surface area contributed by atoms with Gasteiger partial charge in [-0.05, 0) is 17.9 Å². The number of hydrogen-bond donors (Lipinski definition) is 3. The van der Waals surface area contributed by atoms with Gasteiger partial charge in [-0.3, -0.25) is 0 Å². The van der Waals surface area contributed by atoms with E-state index in [0.717, 1.165) is 6.07 Å². The Morgan fingerprint density at radius 3 is 2.38 bits per heavy atom. The van der Waals surface area contributed by atoms with Crippen LogP contribution >= 0.6 is 0 Å². The monoisotopic (exact) mass is 318 g/mol. The van der Waals surface area contributed by atoms with Crippen LogP contribution in [0.4, 0.5) is 0 Å². The van der Waals surface area contributed by atoms with Crippen molar-refractivity contribution in [2.75, 3.05) is 6.61 Å². The lowest BCUT2D eigenvalue weighted by molar-refractivity contribution is 0.0686. The Morgan fingerprint density at radius 1 is 1.43 bits per heavy atom. The van der Waals surface area contributed by atoms with Crippen LogP contribution < -0.4 is 4.72 Å². The van der Waals surface area contributed by atoms with Crippen molar-refractivity contribution in [3.8, 4) is 0 Å². The highest BCUT2D eigenvalue weighted by Gasteiger charge is 2.30. The Bertz CT molecular complexity index is 613. The van der Waals surface area contributed by atoms with Gasteiger partial charge < -0.3 is 14.8 Å². The Labute approximate surface area is 124 Å². The molecule has 0 aliphatic carbocycles. The summed E-state index contributed by atoms with van der Waals surface area (Å²) in [5, 5.41) is 18.0. The van der Waals surface area contributed by atoms with E-state index in [4.69, 9.17) is 10.2 Å². The minimum absolute atomic E-state index is 0.102. The smallest absolute Gasteiger partial charge is 0.352 e. The van der Waals surface area contributed by atoms with Gasteiger partial charge in [-0.25, -0.2) is 17.9 Å². The van der Waals surface area contributed by atoms with Gasteiger partial charge in [0.15, 0.2) is 0 Å². The minimum atomic E-state index is -3.85. The number of nitrogens with one attached hydrogen (secondary N) is 1. The number of aromatic nitrogens is 1. The van der Waals surface area contributed by atoms with Crippen LogP contribution in [0.5, 0.6) is 0 Å². The van der Waals surface area contributed by atoms with Crippen molar-refractivity contribution in [2.45, 2.75) is 38.1 Å². The van der Waals surface area contributed by atoms with Crippen molar-refractivity contribution in [1.29, 1.82) is 0 Å². The maximum Gasteiger partial charge on any atom is 0.352 e. The molecule has 0 saturated carbocycles. The van der Waals surface area contributed by atoms with Crippen molar-refractivity contribution < 1.29 is 23.4 Å². The zero-order valence-electron chi connectivity index (χ0n) is 12.6. The first-order valence-corrected chi connectivity index (χ1v) is 8.00. The number of carbonyl (C=O) groups is 1. The molecule has 0 saturated heterocycles. The van der Waals surface area contributed by atoms with E-state index in [2.05, 4.69) is 4.72 Å². The number of nitrogens with zero attached hydrogens (tertiary/aromatic N) is 1. The number of aryl methyl sites for hydroxylation is 1. The van der Waals surface area contributed by atoms with Crippen molar-refractivity contribution in [2.24, 2.45) is 12.5 Å². The summed E-state index contributed by atoms with van der Waals surface area (Å²) in [7, 11) is -2.38. The van der Waals surface area contributed by atoms with E-state index in [1.807, 2.05) is 20.8 Å². The quantitative estimate of drug-likeness (QED) is 0.719. The Kier molecular flexibility index (Phi) is 5.19. The number of carboxylic acids is 1. The summed E-state index contributed by atoms with van der Waals surface area (Å²) in [5.41, 5.74) is -0.481. The molecule has 1 atom stereocenters. The van der Waals surface area contributed by atoms with Gasteiger partial charge in [0.05, 0.1) is 0 Å². The molecule has 21 heavy (non-hydrogen) atoms. The number of hydrogen-bond acceptors (Lipinski definition) is 4. The lowest BCUT2D eigenvalue weighted by Crippen LogP contribution is -2.44. The molecule has 0 fully saturated rings. The van der Waals surface area contributed by atoms with Crippen LogP contribution in [0.2, 0.25) is 0 Å². The molecule has 0 amide bonds. The second-order valence-electron chi connectivity index (χ2n) is 6.03. The third kappa shape index (κ3) is 4.29. The minimum Gasteiger partial charge on any atom is -0.477 e. The molecule has 0 aromatic carbocycles. The molecule has 1 rings (SSSR count). The third-order valence-electron chi connectivity index (χ3n) is 3.27. The molecule has 1 heterocycles. The summed E-state index contributed by atoms with van der Waals surface area (Å²) in [4.78, 5) is 10.9. The highest BCUT2D eigenvalue weighted by molar-refractivity contribution is 7.89. The van der Waals surface area contributed by atoms with Gasteiger partial charge in [0.25, 0.3) is 0 Å². The van der Waals surface area contributed by atoms with Crippen molar-refractivity contribution in [3.05, 3.63) is 18.0 Å². The standard InChI is InChI=1S/C13H22N2O5S/c1-13(2,3)11(5-6-16)14-21(19,20)9-7-10(12(17)18)15(4)8-9/h7-8,11,14,16H,5-6H2,1-4H3,(H,17,18). The van der Waals surface area contributed by atoms with Crippen LogP contribution in [-0.2, 0) is 17.1 Å². The highest BCUT2D eigenvalue weighted by atomic mass is 32.2. The van der Waals surface area contributed by atoms with E-state index in [9.17, 15) is 13.2 Å². The van der Waals surface area contributed by atoms with Gasteiger partial charge in [0, 0.05) is 25.9 Å². The maximum atomic E-state index is 12.4. The molecule has 0 radical (unpaired) electrons. The van der Waals surface area contributed by atoms with Crippen molar-refractivity contribution in [3.63, 3.8) is 0 Å². The number of sulfonamides is 1. The van der Waals surface area contributed by atoms with Crippen LogP contribution in [-0.4, -0.2) is 41.8 Å². The number of rotatable bonds is 6. The topological polar surface area (TPSA) is 109 Å². The molecular weight excluding hydrogens is 296 g/mol. The molecule has 1 unspecified atom stereocenters. The molecular formula is C13H22N2O5S. The first-order valence-electron chi connectivity index (χ1n) is 6.52. The van der Waals surface area contributed by atoms with Gasteiger partial charge in [-0.2, -0.15) is 0 Å². The summed E-state index contributed by atoms with van der Waals surface area (Å²) in [6, 6.07) is 0.657. The van der Waals surface area contributed by atoms with Crippen molar-refractivity contribution in [1.82, 2.24) is 9.29 Å². The number of carboxylic acid groups (broad SMARTS) is 1. The fraction of sp³-hybridized carbons (Fsp3) is 0.615. The first-order chi connectivity index (χ1) is 9.49. The van der Waals surface area contributed by atoms with Gasteiger partial charge in [-0.1, -0.05) is 20.8 Å². The molecule has 3 N–H and O–H groups in total. The molecule has 7 nitrogen and oxygen atoms in total. The molecule has 0 spiro atoms. The SMILES string of the molecule is Cn1cc(S(=O)(=O)NC(CCO)C(C)(C)C)cc1C(=O)O. The zero-order chi connectivity index (χ0) is 16.4. The lowest BCUT2D eigenvalue weighted by Gasteiger charge is -2.30. The second kappa shape index (κ2) is 6.17. The molecule has 0 aliphatic heterocycles. The zero-order valence-corrected chi connectivity index (χ0v) is 13.4. The van der Waals surface area contributed by atoms with Gasteiger partial charge >= 0.3 is 5.97 Å². The van der Waals surface area contributed by atoms with Gasteiger partial charge in [-0.15, -0.1) is 0 Å². The molecule has 1 aromatic heterocycles. The summed E-state index contributed by atoms with van der Waals surface area (Å²) in [6.45, 7) is 5.45. The largest absolute Gasteiger partial charge is 0.477 e. The fourth-order valence-corrected chi connectivity index (χ4v) is 3.49. The summed E-state index contributed by atoms with van der Waals surface area (Å²) < 4.78 is 28.5. The normalized spacial score (nSPS) is 14.1. The van der Waals surface area contributed by atoms with Crippen LogP contribution in [0.3, 0.4) is 0 Å². The Balaban J connectivity index is 3.11. The summed E-state index contributed by atoms with van der Waals surface area (Å²) in [6.07, 6.45) is 1.53. The summed E-state index contributed by atoms with van der Waals surface area (Å²) >= 11 is 0. The lowest BCUT2D eigenvalue weighted by atomic mass is 9.86. The number of aromatic carboxylic acids is 1. The van der Waals surface area contributed by atoms with Gasteiger partial charge in [0.2, 0.25) is 10.0 Å². The third-order valence-corrected chi connectivity index (χ3v) is 4.71. The van der Waals surface area contributed by atoms with Crippen LogP contribution in [0.25, 0.3) is 0 Å². The molecule has 120 valence electrons. The van der Waals surface area contributed by atoms with Crippen LogP contribution in [0.1, 0.15) is 37.7 Å². The number of aliphatic hydroxyl groups is 1. The molecule has 0 aliphatic rings. The average Bonchev–Trinajstić information content (AvgIpc) is 2.70. The average molecular weight is 318 g/mol. The molecule has 0 bridgehead atoms. The number of aliphatic hydroxyl groups excluding tert-OH is 1. The van der Waals surface area contributed by atoms with E-state index in [-0.39, 0.29) is 29.0 Å². The van der Waals surface area contributed by atoms with E-state index >= 15 is 0 Å². The second-order valence-corrected chi connectivity index (χ2v) is 7.74. The maximum absolute atomic E-state index is 12.4. The van der Waals surface area contributed by atoms with Crippen LogP contribution in [0.15, 0.2) is 17.2 Å². The van der Waals surface area contributed by atoms with E-state index in [0.29, 0.717) is 0 Å². The van der Waals surface area contributed by atoms with Gasteiger partial charge in [0.1, 0.15) is 10.6 Å². The highest BCUT2D eigenvalue weighted by Crippen LogP contribution is 2.24. The van der Waals surface area contributed by atoms with E-state index in [1.54, 1.807) is 0 Å². The first kappa shape index (κ1) is 17.7. The fourth-order valence-electron chi connectivity index (χ4n) is 1.95. The molecule has 8 heteroatoms. The Hall–Kier alpha value is -1.38. The predicted molar refractivity (Wildman–Crippen MR) is 77.6 cm³/mol. The predicted octanol–water partition coefficient (Wildman–Crippen LogP) is 0.799. The van der Waals surface area contributed by atoms with Crippen LogP contribution in [0, 0.1) is 5.41 Å². The summed E-state index contributed by atoms with van der Waals surface area (Å²) in [5.74, 6) is -1.19. The molecule has 1 aromatic rings. The van der Waals surface area contributed by atoms with E-state index < -0.39 is 22.0 Å². The van der Waals surface area contributed by atoms with Crippen molar-refractivity contribution >= 4 is 16.0 Å². The Morgan fingerprint density at radius 2 is 2.00 bits per heavy atom. The van der Waals surface area contributed by atoms with E-state index in [1.165, 1.54) is 17.8 Å².